The largest absolute Gasteiger partial charge is 0.481 e. The maximum absolute atomic E-state index is 12.7. The van der Waals surface area contributed by atoms with Crippen molar-refractivity contribution < 1.29 is 14.3 Å². The van der Waals surface area contributed by atoms with Gasteiger partial charge in [0.2, 0.25) is 0 Å². The summed E-state index contributed by atoms with van der Waals surface area (Å²) in [6, 6.07) is 5.79. The number of halogens is 1. The molecule has 0 aliphatic carbocycles. The van der Waals surface area contributed by atoms with Gasteiger partial charge < -0.3 is 10.4 Å². The van der Waals surface area contributed by atoms with Crippen LogP contribution in [0.15, 0.2) is 24.3 Å². The number of rotatable bonds is 5. The average Bonchev–Trinajstić information content (AvgIpc) is 2.16. The van der Waals surface area contributed by atoms with Gasteiger partial charge in [-0.05, 0) is 17.7 Å². The van der Waals surface area contributed by atoms with E-state index >= 15 is 0 Å². The fourth-order valence-corrected chi connectivity index (χ4v) is 1.55. The molecule has 0 saturated carbocycles. The predicted octanol–water partition coefficient (Wildman–Crippen LogP) is 2.34. The molecule has 0 spiro atoms. The minimum atomic E-state index is -0.873. The van der Waals surface area contributed by atoms with Gasteiger partial charge in [-0.2, -0.15) is 0 Å². The van der Waals surface area contributed by atoms with Gasteiger partial charge in [-0.15, -0.1) is 0 Å². The molecular formula is C12H16FNO2. The maximum atomic E-state index is 12.7. The average molecular weight is 225 g/mol. The van der Waals surface area contributed by atoms with E-state index in [0.717, 1.165) is 5.56 Å². The first-order valence-corrected chi connectivity index (χ1v) is 5.22. The highest BCUT2D eigenvalue weighted by atomic mass is 19.1. The second-order valence-electron chi connectivity index (χ2n) is 4.02. The Labute approximate surface area is 94.3 Å². The first-order valence-electron chi connectivity index (χ1n) is 5.22. The number of hydrogen-bond donors (Lipinski definition) is 2. The Morgan fingerprint density at radius 1 is 1.38 bits per heavy atom. The van der Waals surface area contributed by atoms with Gasteiger partial charge in [-0.3, -0.25) is 4.79 Å². The molecule has 4 heteroatoms. The van der Waals surface area contributed by atoms with E-state index < -0.39 is 5.97 Å². The van der Waals surface area contributed by atoms with Crippen molar-refractivity contribution in [3.8, 4) is 0 Å². The van der Waals surface area contributed by atoms with E-state index in [4.69, 9.17) is 5.11 Å². The summed E-state index contributed by atoms with van der Waals surface area (Å²) in [6.07, 6.45) is -0.0101. The van der Waals surface area contributed by atoms with E-state index in [9.17, 15) is 9.18 Å². The molecule has 1 atom stereocenters. The number of carboxylic acids is 1. The number of nitrogens with one attached hydrogen (secondary N) is 1. The monoisotopic (exact) mass is 225 g/mol. The molecule has 3 nitrogen and oxygen atoms in total. The summed E-state index contributed by atoms with van der Waals surface area (Å²) < 4.78 is 12.7. The Bertz CT molecular complexity index is 349. The van der Waals surface area contributed by atoms with Crippen LogP contribution >= 0.6 is 0 Å². The molecule has 0 aliphatic heterocycles. The molecule has 0 saturated heterocycles. The minimum Gasteiger partial charge on any atom is -0.481 e. The Balaban J connectivity index is 2.82. The molecule has 0 heterocycles. The van der Waals surface area contributed by atoms with Crippen LogP contribution < -0.4 is 5.32 Å². The number of carboxylic acid groups (broad SMARTS) is 1. The standard InChI is InChI=1S/C12H16FNO2/c1-8(2)14-11(7-12(15)16)9-3-5-10(13)6-4-9/h3-6,8,11,14H,7H2,1-2H3,(H,15,16). The Morgan fingerprint density at radius 2 is 1.94 bits per heavy atom. The van der Waals surface area contributed by atoms with Crippen molar-refractivity contribution in [1.82, 2.24) is 5.32 Å². The van der Waals surface area contributed by atoms with E-state index in [1.165, 1.54) is 12.1 Å². The highest BCUT2D eigenvalue weighted by molar-refractivity contribution is 5.67. The van der Waals surface area contributed by atoms with Gasteiger partial charge in [0, 0.05) is 12.1 Å². The summed E-state index contributed by atoms with van der Waals surface area (Å²) in [6.45, 7) is 3.89. The fourth-order valence-electron chi connectivity index (χ4n) is 1.55. The second kappa shape index (κ2) is 5.61. The highest BCUT2D eigenvalue weighted by Gasteiger charge is 2.16. The molecule has 1 aromatic carbocycles. The fraction of sp³-hybridized carbons (Fsp3) is 0.417. The third-order valence-corrected chi connectivity index (χ3v) is 2.19. The molecule has 0 radical (unpaired) electrons. The Kier molecular flexibility index (Phi) is 4.43. The van der Waals surface area contributed by atoms with E-state index in [-0.39, 0.29) is 24.3 Å². The normalized spacial score (nSPS) is 12.8. The summed E-state index contributed by atoms with van der Waals surface area (Å²) >= 11 is 0. The third kappa shape index (κ3) is 3.98. The van der Waals surface area contributed by atoms with Crippen LogP contribution in [0.2, 0.25) is 0 Å². The molecular weight excluding hydrogens is 209 g/mol. The molecule has 16 heavy (non-hydrogen) atoms. The van der Waals surface area contributed by atoms with Crippen LogP contribution in [0.25, 0.3) is 0 Å². The molecule has 1 rings (SSSR count). The smallest absolute Gasteiger partial charge is 0.305 e. The number of aliphatic carboxylic acids is 1. The third-order valence-electron chi connectivity index (χ3n) is 2.19. The topological polar surface area (TPSA) is 49.3 Å². The van der Waals surface area contributed by atoms with Crippen LogP contribution in [0.4, 0.5) is 4.39 Å². The molecule has 88 valence electrons. The summed E-state index contributed by atoms with van der Waals surface area (Å²) in [7, 11) is 0. The van der Waals surface area contributed by atoms with Crippen molar-refractivity contribution in [2.24, 2.45) is 0 Å². The summed E-state index contributed by atoms with van der Waals surface area (Å²) in [4.78, 5) is 10.7. The zero-order valence-corrected chi connectivity index (χ0v) is 9.40. The van der Waals surface area contributed by atoms with E-state index in [0.29, 0.717) is 0 Å². The van der Waals surface area contributed by atoms with Gasteiger partial charge in [0.15, 0.2) is 0 Å². The lowest BCUT2D eigenvalue weighted by Crippen LogP contribution is -2.29. The van der Waals surface area contributed by atoms with Gasteiger partial charge in [0.1, 0.15) is 5.82 Å². The molecule has 0 aliphatic rings. The summed E-state index contributed by atoms with van der Waals surface area (Å²) in [5, 5.41) is 11.9. The molecule has 0 bridgehead atoms. The van der Waals surface area contributed by atoms with E-state index in [1.54, 1.807) is 12.1 Å². The number of benzene rings is 1. The highest BCUT2D eigenvalue weighted by Crippen LogP contribution is 2.18. The second-order valence-corrected chi connectivity index (χ2v) is 4.02. The molecule has 1 aromatic rings. The summed E-state index contributed by atoms with van der Waals surface area (Å²) in [5.74, 6) is -1.19. The van der Waals surface area contributed by atoms with Crippen LogP contribution in [-0.2, 0) is 4.79 Å². The van der Waals surface area contributed by atoms with Crippen molar-refractivity contribution in [1.29, 1.82) is 0 Å². The molecule has 0 fully saturated rings. The van der Waals surface area contributed by atoms with Crippen molar-refractivity contribution in [2.75, 3.05) is 0 Å². The summed E-state index contributed by atoms with van der Waals surface area (Å²) in [5.41, 5.74) is 0.789. The van der Waals surface area contributed by atoms with Gasteiger partial charge in [-0.1, -0.05) is 26.0 Å². The zero-order valence-electron chi connectivity index (χ0n) is 9.40. The van der Waals surface area contributed by atoms with E-state index in [2.05, 4.69) is 5.32 Å². The van der Waals surface area contributed by atoms with Crippen molar-refractivity contribution in [2.45, 2.75) is 32.4 Å². The number of hydrogen-bond acceptors (Lipinski definition) is 2. The van der Waals surface area contributed by atoms with Crippen LogP contribution in [0, 0.1) is 5.82 Å². The van der Waals surface area contributed by atoms with Crippen molar-refractivity contribution in [3.05, 3.63) is 35.6 Å². The predicted molar refractivity (Wildman–Crippen MR) is 59.7 cm³/mol. The molecule has 0 aromatic heterocycles. The quantitative estimate of drug-likeness (QED) is 0.808. The van der Waals surface area contributed by atoms with Gasteiger partial charge in [0.05, 0.1) is 6.42 Å². The Morgan fingerprint density at radius 3 is 2.38 bits per heavy atom. The van der Waals surface area contributed by atoms with Crippen LogP contribution in [-0.4, -0.2) is 17.1 Å². The van der Waals surface area contributed by atoms with Gasteiger partial charge in [0.25, 0.3) is 0 Å². The molecule has 1 unspecified atom stereocenters. The zero-order chi connectivity index (χ0) is 12.1. The van der Waals surface area contributed by atoms with Crippen molar-refractivity contribution in [3.63, 3.8) is 0 Å². The molecule has 0 amide bonds. The van der Waals surface area contributed by atoms with Gasteiger partial charge in [-0.25, -0.2) is 4.39 Å². The Hall–Kier alpha value is -1.42. The van der Waals surface area contributed by atoms with Crippen LogP contribution in [0.3, 0.4) is 0 Å². The number of carbonyl (C=O) groups is 1. The maximum Gasteiger partial charge on any atom is 0.305 e. The SMILES string of the molecule is CC(C)NC(CC(=O)O)c1ccc(F)cc1. The lowest BCUT2D eigenvalue weighted by molar-refractivity contribution is -0.137. The van der Waals surface area contributed by atoms with Crippen LogP contribution in [0.1, 0.15) is 31.9 Å². The first kappa shape index (κ1) is 12.6. The lowest BCUT2D eigenvalue weighted by Gasteiger charge is -2.20. The lowest BCUT2D eigenvalue weighted by atomic mass is 10.0. The first-order chi connectivity index (χ1) is 7.49. The van der Waals surface area contributed by atoms with Gasteiger partial charge >= 0.3 is 5.97 Å². The van der Waals surface area contributed by atoms with E-state index in [1.807, 2.05) is 13.8 Å². The minimum absolute atomic E-state index is 0.0101. The van der Waals surface area contributed by atoms with Crippen molar-refractivity contribution >= 4 is 5.97 Å². The molecule has 2 N–H and O–H groups in total. The van der Waals surface area contributed by atoms with Crippen LogP contribution in [0.5, 0.6) is 0 Å².